The summed E-state index contributed by atoms with van der Waals surface area (Å²) in [4.78, 5) is 12.3. The number of hydrogen-bond acceptors (Lipinski definition) is 5. The molecule has 3 aromatic rings. The molecule has 0 atom stereocenters. The number of thioether (sulfide) groups is 1. The fourth-order valence-corrected chi connectivity index (χ4v) is 3.46. The number of ether oxygens (including phenoxy) is 1. The zero-order chi connectivity index (χ0) is 18.4. The van der Waals surface area contributed by atoms with Gasteiger partial charge in [0.05, 0.1) is 5.75 Å². The van der Waals surface area contributed by atoms with Crippen molar-refractivity contribution >= 4 is 17.5 Å². The highest BCUT2D eigenvalue weighted by molar-refractivity contribution is 7.99. The molecule has 6 heteroatoms. The molecule has 0 aliphatic rings. The minimum atomic E-state index is 0.0824. The van der Waals surface area contributed by atoms with Crippen molar-refractivity contribution in [3.63, 3.8) is 0 Å². The van der Waals surface area contributed by atoms with Gasteiger partial charge in [0, 0.05) is 12.1 Å². The van der Waals surface area contributed by atoms with E-state index in [1.165, 1.54) is 11.8 Å². The number of ketones is 1. The average molecular weight is 367 g/mol. The second kappa shape index (κ2) is 8.67. The quantitative estimate of drug-likeness (QED) is 0.442. The van der Waals surface area contributed by atoms with Gasteiger partial charge in [-0.05, 0) is 25.5 Å². The number of aryl methyl sites for hydroxylation is 1. The normalized spacial score (nSPS) is 10.7. The van der Waals surface area contributed by atoms with Gasteiger partial charge in [-0.2, -0.15) is 0 Å². The Balaban J connectivity index is 1.64. The first kappa shape index (κ1) is 18.2. The highest BCUT2D eigenvalue weighted by atomic mass is 32.2. The number of carbonyl (C=O) groups excluding carboxylic acids is 1. The summed E-state index contributed by atoms with van der Waals surface area (Å²) in [5.74, 6) is 2.01. The van der Waals surface area contributed by atoms with Crippen molar-refractivity contribution < 1.29 is 9.53 Å². The van der Waals surface area contributed by atoms with Gasteiger partial charge < -0.3 is 9.30 Å². The molecule has 0 saturated carbocycles. The van der Waals surface area contributed by atoms with Crippen molar-refractivity contribution in [1.29, 1.82) is 0 Å². The Kier molecular flexibility index (Phi) is 6.07. The monoisotopic (exact) mass is 367 g/mol. The van der Waals surface area contributed by atoms with Gasteiger partial charge in [-0.25, -0.2) is 0 Å². The Morgan fingerprint density at radius 2 is 1.81 bits per heavy atom. The number of carbonyl (C=O) groups is 1. The lowest BCUT2D eigenvalue weighted by Crippen LogP contribution is -2.08. The minimum absolute atomic E-state index is 0.0824. The minimum Gasteiger partial charge on any atom is -0.485 e. The Labute approximate surface area is 157 Å². The van der Waals surface area contributed by atoms with Crippen LogP contribution < -0.4 is 4.74 Å². The SMILES string of the molecule is CCn1c(COc2ccccc2C)nnc1SCC(=O)c1ccccc1. The van der Waals surface area contributed by atoms with E-state index in [9.17, 15) is 4.79 Å². The maximum Gasteiger partial charge on any atom is 0.191 e. The summed E-state index contributed by atoms with van der Waals surface area (Å²) in [5.41, 5.74) is 1.80. The zero-order valence-electron chi connectivity index (χ0n) is 14.9. The fraction of sp³-hybridized carbons (Fsp3) is 0.250. The van der Waals surface area contributed by atoms with Crippen LogP contribution >= 0.6 is 11.8 Å². The second-order valence-corrected chi connectivity index (χ2v) is 6.72. The van der Waals surface area contributed by atoms with Crippen molar-refractivity contribution in [2.24, 2.45) is 0 Å². The van der Waals surface area contributed by atoms with Crippen LogP contribution in [0.3, 0.4) is 0 Å². The summed E-state index contributed by atoms with van der Waals surface area (Å²) in [6, 6.07) is 17.2. The smallest absolute Gasteiger partial charge is 0.191 e. The molecule has 0 aliphatic heterocycles. The number of hydrogen-bond donors (Lipinski definition) is 0. The van der Waals surface area contributed by atoms with Crippen LogP contribution in [0.2, 0.25) is 0 Å². The number of aromatic nitrogens is 3. The topological polar surface area (TPSA) is 57.0 Å². The molecule has 0 amide bonds. The van der Waals surface area contributed by atoms with Crippen LogP contribution in [0.4, 0.5) is 0 Å². The molecular formula is C20H21N3O2S. The molecule has 1 heterocycles. The number of para-hydroxylation sites is 1. The number of rotatable bonds is 8. The van der Waals surface area contributed by atoms with E-state index in [2.05, 4.69) is 10.2 Å². The van der Waals surface area contributed by atoms with Crippen molar-refractivity contribution in [3.05, 3.63) is 71.5 Å². The van der Waals surface area contributed by atoms with Gasteiger partial charge in [-0.15, -0.1) is 10.2 Å². The summed E-state index contributed by atoms with van der Waals surface area (Å²) in [7, 11) is 0. The van der Waals surface area contributed by atoms with E-state index in [1.807, 2.05) is 73.0 Å². The summed E-state index contributed by atoms with van der Waals surface area (Å²) in [6.07, 6.45) is 0. The van der Waals surface area contributed by atoms with Crippen LogP contribution in [0.5, 0.6) is 5.75 Å². The molecule has 5 nitrogen and oxygen atoms in total. The molecule has 0 unspecified atom stereocenters. The Morgan fingerprint density at radius 1 is 1.08 bits per heavy atom. The van der Waals surface area contributed by atoms with Crippen molar-refractivity contribution in [2.75, 3.05) is 5.75 Å². The lowest BCUT2D eigenvalue weighted by molar-refractivity contribution is 0.102. The molecule has 0 bridgehead atoms. The lowest BCUT2D eigenvalue weighted by atomic mass is 10.2. The summed E-state index contributed by atoms with van der Waals surface area (Å²) < 4.78 is 7.86. The van der Waals surface area contributed by atoms with Crippen LogP contribution in [0, 0.1) is 6.92 Å². The third-order valence-corrected chi connectivity index (χ3v) is 4.95. The lowest BCUT2D eigenvalue weighted by Gasteiger charge is -2.10. The van der Waals surface area contributed by atoms with E-state index >= 15 is 0 Å². The third kappa shape index (κ3) is 4.32. The van der Waals surface area contributed by atoms with E-state index < -0.39 is 0 Å². The first-order valence-corrected chi connectivity index (χ1v) is 9.49. The Morgan fingerprint density at radius 3 is 2.54 bits per heavy atom. The highest BCUT2D eigenvalue weighted by Crippen LogP contribution is 2.21. The fourth-order valence-electron chi connectivity index (χ4n) is 2.55. The predicted molar refractivity (Wildman–Crippen MR) is 103 cm³/mol. The van der Waals surface area contributed by atoms with Gasteiger partial charge in [-0.3, -0.25) is 4.79 Å². The summed E-state index contributed by atoms with van der Waals surface area (Å²) in [5, 5.41) is 9.21. The van der Waals surface area contributed by atoms with Gasteiger partial charge >= 0.3 is 0 Å². The van der Waals surface area contributed by atoms with Gasteiger partial charge in [-0.1, -0.05) is 60.3 Å². The predicted octanol–water partition coefficient (Wildman–Crippen LogP) is 4.16. The molecule has 1 aromatic heterocycles. The van der Waals surface area contributed by atoms with Gasteiger partial charge in [0.25, 0.3) is 0 Å². The molecule has 0 aliphatic carbocycles. The number of nitrogens with zero attached hydrogens (tertiary/aromatic N) is 3. The molecule has 26 heavy (non-hydrogen) atoms. The van der Waals surface area contributed by atoms with Crippen molar-refractivity contribution in [2.45, 2.75) is 32.2 Å². The van der Waals surface area contributed by atoms with Crippen LogP contribution in [0.1, 0.15) is 28.7 Å². The van der Waals surface area contributed by atoms with Crippen molar-refractivity contribution in [1.82, 2.24) is 14.8 Å². The largest absolute Gasteiger partial charge is 0.485 e. The molecule has 2 aromatic carbocycles. The van der Waals surface area contributed by atoms with Crippen LogP contribution in [0.15, 0.2) is 59.8 Å². The summed E-state index contributed by atoms with van der Waals surface area (Å²) >= 11 is 1.40. The molecule has 0 N–H and O–H groups in total. The highest BCUT2D eigenvalue weighted by Gasteiger charge is 2.14. The number of benzene rings is 2. The maximum atomic E-state index is 12.3. The first-order chi connectivity index (χ1) is 12.7. The Bertz CT molecular complexity index is 878. The standard InChI is InChI=1S/C20H21N3O2S/c1-3-23-19(13-25-18-12-8-7-9-15(18)2)21-22-20(23)26-14-17(24)16-10-5-4-6-11-16/h4-12H,3,13-14H2,1-2H3. The third-order valence-electron chi connectivity index (χ3n) is 3.99. The van der Waals surface area contributed by atoms with Gasteiger partial charge in [0.1, 0.15) is 12.4 Å². The molecule has 0 spiro atoms. The van der Waals surface area contributed by atoms with Crippen LogP contribution in [-0.2, 0) is 13.2 Å². The molecule has 0 saturated heterocycles. The maximum absolute atomic E-state index is 12.3. The molecule has 134 valence electrons. The van der Waals surface area contributed by atoms with E-state index in [4.69, 9.17) is 4.74 Å². The molecular weight excluding hydrogens is 346 g/mol. The second-order valence-electron chi connectivity index (χ2n) is 5.78. The van der Waals surface area contributed by atoms with Gasteiger partial charge in [0.2, 0.25) is 0 Å². The zero-order valence-corrected chi connectivity index (χ0v) is 15.7. The summed E-state index contributed by atoms with van der Waals surface area (Å²) in [6.45, 7) is 5.11. The molecule has 0 fully saturated rings. The average Bonchev–Trinajstić information content (AvgIpc) is 3.08. The first-order valence-electron chi connectivity index (χ1n) is 8.50. The molecule has 0 radical (unpaired) electrons. The van der Waals surface area contributed by atoms with Crippen LogP contribution in [-0.4, -0.2) is 26.3 Å². The number of Topliss-reactive ketones (excluding diaryl/α,β-unsaturated/α-hetero) is 1. The molecule has 3 rings (SSSR count). The van der Waals surface area contributed by atoms with Crippen LogP contribution in [0.25, 0.3) is 0 Å². The van der Waals surface area contributed by atoms with Gasteiger partial charge in [0.15, 0.2) is 16.8 Å². The van der Waals surface area contributed by atoms with E-state index in [0.29, 0.717) is 17.9 Å². The van der Waals surface area contributed by atoms with E-state index in [0.717, 1.165) is 28.8 Å². The van der Waals surface area contributed by atoms with Crippen molar-refractivity contribution in [3.8, 4) is 5.75 Å². The van der Waals surface area contributed by atoms with E-state index in [1.54, 1.807) is 0 Å². The van der Waals surface area contributed by atoms with E-state index in [-0.39, 0.29) is 5.78 Å². The Hall–Kier alpha value is -2.60.